The molecule has 1 aromatic carbocycles. The third-order valence-electron chi connectivity index (χ3n) is 2.83. The Bertz CT molecular complexity index is 376. The molecule has 2 atom stereocenters. The summed E-state index contributed by atoms with van der Waals surface area (Å²) in [7, 11) is 0. The Hall–Kier alpha value is -1.42. The van der Waals surface area contributed by atoms with Gasteiger partial charge in [0.25, 0.3) is 0 Å². The number of rotatable bonds is 4. The molecule has 4 heteroatoms. The molecule has 1 rings (SSSR count). The average Bonchev–Trinajstić information content (AvgIpc) is 2.30. The van der Waals surface area contributed by atoms with Crippen molar-refractivity contribution in [2.24, 2.45) is 5.73 Å². The van der Waals surface area contributed by atoms with E-state index in [-0.39, 0.29) is 17.8 Å². The van der Waals surface area contributed by atoms with Crippen LogP contribution in [-0.4, -0.2) is 23.4 Å². The molecular formula is C13H19FN2O. The van der Waals surface area contributed by atoms with Gasteiger partial charge < -0.3 is 10.6 Å². The van der Waals surface area contributed by atoms with E-state index in [1.54, 1.807) is 24.0 Å². The predicted octanol–water partition coefficient (Wildman–Crippen LogP) is 2.08. The maximum Gasteiger partial charge on any atom is 0.239 e. The summed E-state index contributed by atoms with van der Waals surface area (Å²) in [4.78, 5) is 13.6. The van der Waals surface area contributed by atoms with E-state index >= 15 is 0 Å². The van der Waals surface area contributed by atoms with Crippen LogP contribution in [0.4, 0.5) is 4.39 Å². The molecule has 0 saturated heterocycles. The summed E-state index contributed by atoms with van der Waals surface area (Å²) in [5.41, 5.74) is 6.51. The van der Waals surface area contributed by atoms with Gasteiger partial charge in [-0.15, -0.1) is 0 Å². The second-order valence-electron chi connectivity index (χ2n) is 4.14. The SMILES string of the molecule is CCN(C(=O)C(C)N)C(C)c1ccc(F)cc1. The van der Waals surface area contributed by atoms with E-state index < -0.39 is 6.04 Å². The van der Waals surface area contributed by atoms with Gasteiger partial charge in [0.2, 0.25) is 5.91 Å². The van der Waals surface area contributed by atoms with E-state index in [2.05, 4.69) is 0 Å². The second kappa shape index (κ2) is 5.77. The molecule has 0 aliphatic rings. The van der Waals surface area contributed by atoms with Crippen LogP contribution in [-0.2, 0) is 4.79 Å². The average molecular weight is 238 g/mol. The van der Waals surface area contributed by atoms with Crippen molar-refractivity contribution < 1.29 is 9.18 Å². The van der Waals surface area contributed by atoms with Crippen molar-refractivity contribution in [3.63, 3.8) is 0 Å². The van der Waals surface area contributed by atoms with E-state index in [1.165, 1.54) is 12.1 Å². The van der Waals surface area contributed by atoms with Crippen LogP contribution in [0.25, 0.3) is 0 Å². The monoisotopic (exact) mass is 238 g/mol. The lowest BCUT2D eigenvalue weighted by Gasteiger charge is -2.29. The number of hydrogen-bond donors (Lipinski definition) is 1. The fourth-order valence-electron chi connectivity index (χ4n) is 1.80. The predicted molar refractivity (Wildman–Crippen MR) is 65.9 cm³/mol. The molecule has 1 aromatic rings. The number of carbonyl (C=O) groups is 1. The summed E-state index contributed by atoms with van der Waals surface area (Å²) in [6, 6.07) is 5.57. The molecule has 0 aliphatic heterocycles. The van der Waals surface area contributed by atoms with E-state index in [0.29, 0.717) is 6.54 Å². The Balaban J connectivity index is 2.89. The number of amides is 1. The molecule has 17 heavy (non-hydrogen) atoms. The van der Waals surface area contributed by atoms with Crippen molar-refractivity contribution in [2.75, 3.05) is 6.54 Å². The quantitative estimate of drug-likeness (QED) is 0.873. The Morgan fingerprint density at radius 1 is 1.35 bits per heavy atom. The lowest BCUT2D eigenvalue weighted by Crippen LogP contribution is -2.43. The van der Waals surface area contributed by atoms with Crippen molar-refractivity contribution in [1.82, 2.24) is 4.90 Å². The van der Waals surface area contributed by atoms with Gasteiger partial charge in [0.05, 0.1) is 12.1 Å². The number of benzene rings is 1. The smallest absolute Gasteiger partial charge is 0.239 e. The fourth-order valence-corrected chi connectivity index (χ4v) is 1.80. The first kappa shape index (κ1) is 13.6. The Morgan fingerprint density at radius 2 is 1.88 bits per heavy atom. The Kier molecular flexibility index (Phi) is 4.63. The first-order valence-electron chi connectivity index (χ1n) is 5.78. The molecule has 0 saturated carbocycles. The molecule has 3 nitrogen and oxygen atoms in total. The number of likely N-dealkylation sites (N-methyl/N-ethyl adjacent to an activating group) is 1. The summed E-state index contributed by atoms with van der Waals surface area (Å²) < 4.78 is 12.8. The van der Waals surface area contributed by atoms with Crippen LogP contribution >= 0.6 is 0 Å². The summed E-state index contributed by atoms with van der Waals surface area (Å²) >= 11 is 0. The zero-order chi connectivity index (χ0) is 13.0. The van der Waals surface area contributed by atoms with E-state index in [4.69, 9.17) is 5.73 Å². The molecule has 0 radical (unpaired) electrons. The second-order valence-corrected chi connectivity index (χ2v) is 4.14. The Labute approximate surface area is 101 Å². The molecule has 2 N–H and O–H groups in total. The minimum atomic E-state index is -0.516. The van der Waals surface area contributed by atoms with Gasteiger partial charge in [0.1, 0.15) is 5.82 Å². The molecule has 0 aliphatic carbocycles. The van der Waals surface area contributed by atoms with Crippen LogP contribution in [0.1, 0.15) is 32.4 Å². The molecule has 0 heterocycles. The minimum absolute atomic E-state index is 0.0932. The highest BCUT2D eigenvalue weighted by molar-refractivity contribution is 5.81. The summed E-state index contributed by atoms with van der Waals surface area (Å²) in [6.45, 7) is 6.07. The molecule has 94 valence electrons. The standard InChI is InChI=1S/C13H19FN2O/c1-4-16(13(17)9(2)15)10(3)11-5-7-12(14)8-6-11/h5-10H,4,15H2,1-3H3. The largest absolute Gasteiger partial charge is 0.335 e. The fraction of sp³-hybridized carbons (Fsp3) is 0.462. The van der Waals surface area contributed by atoms with Crippen molar-refractivity contribution in [3.8, 4) is 0 Å². The topological polar surface area (TPSA) is 46.3 Å². The number of carbonyl (C=O) groups excluding carboxylic acids is 1. The first-order chi connectivity index (χ1) is 7.97. The maximum absolute atomic E-state index is 12.8. The molecule has 0 fully saturated rings. The number of halogens is 1. The van der Waals surface area contributed by atoms with Crippen LogP contribution in [0.3, 0.4) is 0 Å². The van der Waals surface area contributed by atoms with Gasteiger partial charge in [-0.25, -0.2) is 4.39 Å². The molecule has 0 bridgehead atoms. The number of nitrogens with zero attached hydrogens (tertiary/aromatic N) is 1. The van der Waals surface area contributed by atoms with Crippen LogP contribution < -0.4 is 5.73 Å². The van der Waals surface area contributed by atoms with Crippen molar-refractivity contribution >= 4 is 5.91 Å². The zero-order valence-electron chi connectivity index (χ0n) is 10.5. The minimum Gasteiger partial charge on any atom is -0.335 e. The summed E-state index contributed by atoms with van der Waals surface area (Å²) in [5, 5.41) is 0. The molecule has 0 spiro atoms. The number of hydrogen-bond acceptors (Lipinski definition) is 2. The van der Waals surface area contributed by atoms with Gasteiger partial charge in [-0.1, -0.05) is 12.1 Å². The summed E-state index contributed by atoms with van der Waals surface area (Å²) in [5.74, 6) is -0.369. The van der Waals surface area contributed by atoms with Crippen LogP contribution in [0, 0.1) is 5.82 Å². The van der Waals surface area contributed by atoms with E-state index in [1.807, 2.05) is 13.8 Å². The maximum atomic E-state index is 12.8. The molecule has 1 amide bonds. The van der Waals surface area contributed by atoms with Crippen molar-refractivity contribution in [3.05, 3.63) is 35.6 Å². The molecular weight excluding hydrogens is 219 g/mol. The number of nitrogens with two attached hydrogens (primary N) is 1. The lowest BCUT2D eigenvalue weighted by molar-refractivity contribution is -0.134. The molecule has 0 aromatic heterocycles. The van der Waals surface area contributed by atoms with Gasteiger partial charge in [0, 0.05) is 6.54 Å². The van der Waals surface area contributed by atoms with E-state index in [9.17, 15) is 9.18 Å². The Morgan fingerprint density at radius 3 is 2.29 bits per heavy atom. The highest BCUT2D eigenvalue weighted by atomic mass is 19.1. The normalized spacial score (nSPS) is 14.2. The highest BCUT2D eigenvalue weighted by Crippen LogP contribution is 2.20. The van der Waals surface area contributed by atoms with Gasteiger partial charge in [0.15, 0.2) is 0 Å². The molecule has 2 unspecified atom stereocenters. The van der Waals surface area contributed by atoms with Gasteiger partial charge in [-0.2, -0.15) is 0 Å². The van der Waals surface area contributed by atoms with Gasteiger partial charge in [-0.05, 0) is 38.5 Å². The van der Waals surface area contributed by atoms with Gasteiger partial charge >= 0.3 is 0 Å². The van der Waals surface area contributed by atoms with Gasteiger partial charge in [-0.3, -0.25) is 4.79 Å². The first-order valence-corrected chi connectivity index (χ1v) is 5.78. The summed E-state index contributed by atoms with van der Waals surface area (Å²) in [6.07, 6.45) is 0. The van der Waals surface area contributed by atoms with E-state index in [0.717, 1.165) is 5.56 Å². The van der Waals surface area contributed by atoms with Crippen LogP contribution in [0.2, 0.25) is 0 Å². The third kappa shape index (κ3) is 3.27. The van der Waals surface area contributed by atoms with Crippen molar-refractivity contribution in [2.45, 2.75) is 32.9 Å². The van der Waals surface area contributed by atoms with Crippen LogP contribution in [0.15, 0.2) is 24.3 Å². The third-order valence-corrected chi connectivity index (χ3v) is 2.83. The van der Waals surface area contributed by atoms with Crippen LogP contribution in [0.5, 0.6) is 0 Å². The highest BCUT2D eigenvalue weighted by Gasteiger charge is 2.22. The lowest BCUT2D eigenvalue weighted by atomic mass is 10.1. The van der Waals surface area contributed by atoms with Crippen molar-refractivity contribution in [1.29, 1.82) is 0 Å². The zero-order valence-corrected chi connectivity index (χ0v) is 10.5.